The molecule has 0 aliphatic carbocycles. The van der Waals surface area contributed by atoms with Gasteiger partial charge in [-0.2, -0.15) is 0 Å². The molecule has 0 saturated carbocycles. The number of hydrogen-bond acceptors (Lipinski definition) is 4. The third kappa shape index (κ3) is 3.68. The molecule has 146 valence electrons. The van der Waals surface area contributed by atoms with Gasteiger partial charge < -0.3 is 9.47 Å². The molecule has 2 aromatic carbocycles. The van der Waals surface area contributed by atoms with Gasteiger partial charge in [0.25, 0.3) is 0 Å². The molecule has 0 N–H and O–H groups in total. The van der Waals surface area contributed by atoms with Crippen molar-refractivity contribution in [3.05, 3.63) is 69.0 Å². The summed E-state index contributed by atoms with van der Waals surface area (Å²) in [5.74, 6) is 1.21. The lowest BCUT2D eigenvalue weighted by molar-refractivity contribution is 0.355. The molecular formula is C21H22ClN3O3. The number of rotatable bonds is 4. The van der Waals surface area contributed by atoms with Crippen molar-refractivity contribution >= 4 is 17.3 Å². The normalized spacial score (nSPS) is 11.6. The Hall–Kier alpha value is -2.99. The van der Waals surface area contributed by atoms with E-state index in [1.807, 2.05) is 43.3 Å². The van der Waals surface area contributed by atoms with Crippen molar-refractivity contribution in [3.8, 4) is 22.8 Å². The monoisotopic (exact) mass is 399 g/mol. The highest BCUT2D eigenvalue weighted by Crippen LogP contribution is 2.31. The first-order chi connectivity index (χ1) is 13.3. The Morgan fingerprint density at radius 1 is 0.929 bits per heavy atom. The van der Waals surface area contributed by atoms with Crippen molar-refractivity contribution in [2.24, 2.45) is 19.1 Å². The Bertz CT molecular complexity index is 1160. The van der Waals surface area contributed by atoms with Crippen molar-refractivity contribution in [3.63, 3.8) is 0 Å². The van der Waals surface area contributed by atoms with E-state index in [9.17, 15) is 4.79 Å². The molecule has 0 spiro atoms. The van der Waals surface area contributed by atoms with Gasteiger partial charge in [0.15, 0.2) is 11.5 Å². The summed E-state index contributed by atoms with van der Waals surface area (Å²) in [5, 5.41) is 0.649. The minimum atomic E-state index is -0.183. The highest BCUT2D eigenvalue weighted by molar-refractivity contribution is 6.30. The number of aryl methyl sites for hydroxylation is 1. The second-order valence-corrected chi connectivity index (χ2v) is 6.84. The summed E-state index contributed by atoms with van der Waals surface area (Å²) in [5.41, 5.74) is 3.58. The molecule has 0 radical (unpaired) electrons. The van der Waals surface area contributed by atoms with E-state index in [0.29, 0.717) is 22.0 Å². The van der Waals surface area contributed by atoms with E-state index >= 15 is 0 Å². The number of hydrogen-bond donors (Lipinski definition) is 0. The van der Waals surface area contributed by atoms with Crippen LogP contribution in [0.5, 0.6) is 11.5 Å². The molecular weight excluding hydrogens is 378 g/mol. The molecule has 0 amide bonds. The van der Waals surface area contributed by atoms with Crippen LogP contribution in [0.2, 0.25) is 5.02 Å². The molecule has 0 unspecified atom stereocenters. The quantitative estimate of drug-likeness (QED) is 0.673. The molecule has 3 rings (SSSR count). The summed E-state index contributed by atoms with van der Waals surface area (Å²) < 4.78 is 13.8. The highest BCUT2D eigenvalue weighted by Gasteiger charge is 2.11. The second-order valence-electron chi connectivity index (χ2n) is 6.40. The Balaban J connectivity index is 2.25. The van der Waals surface area contributed by atoms with Crippen LogP contribution >= 0.6 is 11.6 Å². The number of aromatic nitrogens is 2. The number of nitrogens with zero attached hydrogens (tertiary/aromatic N) is 3. The summed E-state index contributed by atoms with van der Waals surface area (Å²) >= 11 is 6.03. The fourth-order valence-electron chi connectivity index (χ4n) is 2.99. The van der Waals surface area contributed by atoms with Gasteiger partial charge in [-0.1, -0.05) is 11.6 Å². The predicted molar refractivity (Wildman–Crippen MR) is 111 cm³/mol. The van der Waals surface area contributed by atoms with E-state index in [4.69, 9.17) is 21.1 Å². The maximum Gasteiger partial charge on any atom is 0.329 e. The third-order valence-corrected chi connectivity index (χ3v) is 4.85. The predicted octanol–water partition coefficient (Wildman–Crippen LogP) is 3.60. The summed E-state index contributed by atoms with van der Waals surface area (Å²) in [6, 6.07) is 12.9. The molecule has 0 aliphatic heterocycles. The van der Waals surface area contributed by atoms with Crippen LogP contribution < -0.4 is 20.7 Å². The van der Waals surface area contributed by atoms with Crippen LogP contribution in [0, 0.1) is 6.92 Å². The van der Waals surface area contributed by atoms with Gasteiger partial charge in [-0.05, 0) is 48.9 Å². The molecule has 0 saturated heterocycles. The minimum Gasteiger partial charge on any atom is -0.493 e. The largest absolute Gasteiger partial charge is 0.493 e. The number of halogens is 1. The van der Waals surface area contributed by atoms with Gasteiger partial charge in [0.05, 0.1) is 25.6 Å². The van der Waals surface area contributed by atoms with Crippen molar-refractivity contribution in [1.82, 2.24) is 9.13 Å². The van der Waals surface area contributed by atoms with Crippen LogP contribution in [0.25, 0.3) is 11.3 Å². The van der Waals surface area contributed by atoms with E-state index in [-0.39, 0.29) is 5.69 Å². The van der Waals surface area contributed by atoms with Crippen molar-refractivity contribution < 1.29 is 9.47 Å². The van der Waals surface area contributed by atoms with Crippen molar-refractivity contribution in [2.45, 2.75) is 6.92 Å². The van der Waals surface area contributed by atoms with Crippen molar-refractivity contribution in [2.75, 3.05) is 14.2 Å². The lowest BCUT2D eigenvalue weighted by Gasteiger charge is -2.14. The van der Waals surface area contributed by atoms with Crippen molar-refractivity contribution in [1.29, 1.82) is 0 Å². The highest BCUT2D eigenvalue weighted by atomic mass is 35.5. The minimum absolute atomic E-state index is 0.183. The van der Waals surface area contributed by atoms with Crippen LogP contribution in [0.15, 0.2) is 52.3 Å². The summed E-state index contributed by atoms with van der Waals surface area (Å²) in [6.07, 6.45) is 0. The van der Waals surface area contributed by atoms with Crippen LogP contribution in [0.4, 0.5) is 5.69 Å². The number of ether oxygens (including phenoxy) is 2. The summed E-state index contributed by atoms with van der Waals surface area (Å²) in [6.45, 7) is 1.93. The molecule has 3 aromatic rings. The Kier molecular flexibility index (Phi) is 5.61. The van der Waals surface area contributed by atoms with Gasteiger partial charge >= 0.3 is 5.69 Å². The fraction of sp³-hybridized carbons (Fsp3) is 0.238. The maximum absolute atomic E-state index is 12.8. The van der Waals surface area contributed by atoms with Crippen LogP contribution in [0.1, 0.15) is 5.56 Å². The first-order valence-electron chi connectivity index (χ1n) is 8.66. The van der Waals surface area contributed by atoms with E-state index in [0.717, 1.165) is 22.5 Å². The van der Waals surface area contributed by atoms with Gasteiger partial charge in [0.1, 0.15) is 5.49 Å². The van der Waals surface area contributed by atoms with Crippen LogP contribution in [0.3, 0.4) is 0 Å². The third-order valence-electron chi connectivity index (χ3n) is 4.62. The lowest BCUT2D eigenvalue weighted by Crippen LogP contribution is -2.37. The number of benzene rings is 2. The zero-order chi connectivity index (χ0) is 20.4. The molecule has 28 heavy (non-hydrogen) atoms. The Labute approximate surface area is 168 Å². The smallest absolute Gasteiger partial charge is 0.329 e. The Morgan fingerprint density at radius 2 is 1.64 bits per heavy atom. The second kappa shape index (κ2) is 7.94. The van der Waals surface area contributed by atoms with Gasteiger partial charge in [-0.15, -0.1) is 0 Å². The summed E-state index contributed by atoms with van der Waals surface area (Å²) in [4.78, 5) is 17.5. The van der Waals surface area contributed by atoms with Gasteiger partial charge in [-0.25, -0.2) is 9.79 Å². The van der Waals surface area contributed by atoms with E-state index < -0.39 is 0 Å². The molecule has 0 atom stereocenters. The van der Waals surface area contributed by atoms with E-state index in [1.165, 1.54) is 4.57 Å². The molecule has 7 heteroatoms. The summed E-state index contributed by atoms with van der Waals surface area (Å²) in [7, 11) is 6.59. The van der Waals surface area contributed by atoms with Crippen LogP contribution in [-0.4, -0.2) is 23.4 Å². The maximum atomic E-state index is 12.8. The topological polar surface area (TPSA) is 57.8 Å². The van der Waals surface area contributed by atoms with E-state index in [1.54, 1.807) is 38.9 Å². The number of methoxy groups -OCH3 is 2. The molecule has 1 aromatic heterocycles. The fourth-order valence-corrected chi connectivity index (χ4v) is 3.22. The van der Waals surface area contributed by atoms with E-state index in [2.05, 4.69) is 4.99 Å². The molecule has 0 bridgehead atoms. The average Bonchev–Trinajstić information content (AvgIpc) is 2.69. The van der Waals surface area contributed by atoms with Gasteiger partial charge in [0.2, 0.25) is 0 Å². The SMILES string of the molecule is COc1ccc(-c2cc(=Nc3ccc(Cl)cc3C)n(C)c(=O)n2C)cc1OC. The van der Waals surface area contributed by atoms with Gasteiger partial charge in [0, 0.05) is 30.7 Å². The molecule has 0 fully saturated rings. The zero-order valence-electron chi connectivity index (χ0n) is 16.5. The zero-order valence-corrected chi connectivity index (χ0v) is 17.2. The lowest BCUT2D eigenvalue weighted by atomic mass is 10.1. The molecule has 6 nitrogen and oxygen atoms in total. The van der Waals surface area contributed by atoms with Crippen LogP contribution in [-0.2, 0) is 14.1 Å². The van der Waals surface area contributed by atoms with Gasteiger partial charge in [-0.3, -0.25) is 9.13 Å². The first kappa shape index (κ1) is 19.8. The average molecular weight is 400 g/mol. The molecule has 1 heterocycles. The molecule has 0 aliphatic rings. The first-order valence-corrected chi connectivity index (χ1v) is 9.04. The standard InChI is InChI=1S/C21H22ClN3O3/c1-13-10-15(22)7-8-16(13)23-20-12-17(24(2)21(26)25(20)3)14-6-9-18(27-4)19(11-14)28-5/h6-12H,1-5H3. The Morgan fingerprint density at radius 3 is 2.29 bits per heavy atom.